The van der Waals surface area contributed by atoms with E-state index in [4.69, 9.17) is 18.6 Å². The minimum atomic E-state index is -5.03. The van der Waals surface area contributed by atoms with Gasteiger partial charge in [0, 0.05) is 12.5 Å². The fraction of sp³-hybridized carbons (Fsp3) is 0.176. The summed E-state index contributed by atoms with van der Waals surface area (Å²) in [4.78, 5) is 25.5. The average Bonchev–Trinajstić information content (AvgIpc) is 3.01. The van der Waals surface area contributed by atoms with E-state index < -0.39 is 34.7 Å². The van der Waals surface area contributed by atoms with Crippen molar-refractivity contribution in [2.75, 3.05) is 6.61 Å². The molecule has 0 atom stereocenters. The number of rotatable bonds is 10. The molecule has 0 saturated carbocycles. The van der Waals surface area contributed by atoms with Gasteiger partial charge in [0.05, 0.1) is 12.0 Å². The predicted octanol–water partition coefficient (Wildman–Crippen LogP) is 8.60. The SMILES string of the molecule is CCc1ccc(OCCCC(=O)Oc2ccc3c(=O)c(Oc4ccc(-c5ccccc5)cc4)c(C(F)(F)F)oc3c2)cc1. The third-order valence-electron chi connectivity index (χ3n) is 6.62. The van der Waals surface area contributed by atoms with Gasteiger partial charge >= 0.3 is 12.1 Å². The van der Waals surface area contributed by atoms with Gasteiger partial charge in [-0.15, -0.1) is 0 Å². The van der Waals surface area contributed by atoms with E-state index in [9.17, 15) is 22.8 Å². The Hall–Kier alpha value is -5.05. The second kappa shape index (κ2) is 12.9. The fourth-order valence-corrected chi connectivity index (χ4v) is 4.37. The highest BCUT2D eigenvalue weighted by Crippen LogP contribution is 2.39. The fourth-order valence-electron chi connectivity index (χ4n) is 4.37. The number of aryl methyl sites for hydroxylation is 1. The van der Waals surface area contributed by atoms with E-state index in [1.54, 1.807) is 12.1 Å². The van der Waals surface area contributed by atoms with Crippen molar-refractivity contribution in [3.05, 3.63) is 119 Å². The highest BCUT2D eigenvalue weighted by atomic mass is 19.4. The van der Waals surface area contributed by atoms with Crippen LogP contribution in [-0.2, 0) is 17.4 Å². The van der Waals surface area contributed by atoms with Gasteiger partial charge in [0.1, 0.15) is 22.8 Å². The molecule has 43 heavy (non-hydrogen) atoms. The lowest BCUT2D eigenvalue weighted by Gasteiger charge is -2.14. The van der Waals surface area contributed by atoms with Crippen LogP contribution in [0.4, 0.5) is 13.2 Å². The first kappa shape index (κ1) is 29.4. The highest BCUT2D eigenvalue weighted by molar-refractivity contribution is 5.81. The minimum absolute atomic E-state index is 0.0126. The Morgan fingerprint density at radius 2 is 1.47 bits per heavy atom. The molecule has 5 rings (SSSR count). The molecule has 0 radical (unpaired) electrons. The van der Waals surface area contributed by atoms with Gasteiger partial charge in [0.15, 0.2) is 0 Å². The second-order valence-electron chi connectivity index (χ2n) is 9.66. The van der Waals surface area contributed by atoms with Crippen molar-refractivity contribution < 1.29 is 36.6 Å². The normalized spacial score (nSPS) is 11.3. The summed E-state index contributed by atoms with van der Waals surface area (Å²) in [5.74, 6) is -2.53. The first-order valence-corrected chi connectivity index (χ1v) is 13.6. The van der Waals surface area contributed by atoms with Crippen molar-refractivity contribution in [2.24, 2.45) is 0 Å². The summed E-state index contributed by atoms with van der Waals surface area (Å²) in [6.07, 6.45) is -3.74. The molecule has 5 aromatic rings. The largest absolute Gasteiger partial charge is 0.494 e. The Labute approximate surface area is 245 Å². The molecule has 4 aromatic carbocycles. The van der Waals surface area contributed by atoms with Crippen LogP contribution in [-0.4, -0.2) is 12.6 Å². The van der Waals surface area contributed by atoms with Crippen molar-refractivity contribution in [2.45, 2.75) is 32.4 Å². The van der Waals surface area contributed by atoms with E-state index in [0.717, 1.165) is 23.6 Å². The van der Waals surface area contributed by atoms with Gasteiger partial charge in [-0.25, -0.2) is 0 Å². The smallest absolute Gasteiger partial charge is 0.453 e. The molecule has 0 fully saturated rings. The van der Waals surface area contributed by atoms with E-state index in [1.807, 2.05) is 54.6 Å². The lowest BCUT2D eigenvalue weighted by Crippen LogP contribution is -2.15. The Kier molecular flexibility index (Phi) is 8.80. The van der Waals surface area contributed by atoms with Crippen molar-refractivity contribution in [1.82, 2.24) is 0 Å². The van der Waals surface area contributed by atoms with Crippen LogP contribution in [0, 0.1) is 0 Å². The lowest BCUT2D eigenvalue weighted by atomic mass is 10.1. The number of esters is 1. The van der Waals surface area contributed by atoms with Gasteiger partial charge in [0.2, 0.25) is 11.2 Å². The summed E-state index contributed by atoms with van der Waals surface area (Å²) in [5.41, 5.74) is 1.52. The van der Waals surface area contributed by atoms with Crippen LogP contribution in [0.3, 0.4) is 0 Å². The maximum Gasteiger partial charge on any atom is 0.453 e. The Balaban J connectivity index is 1.29. The average molecular weight is 589 g/mol. The second-order valence-corrected chi connectivity index (χ2v) is 9.66. The number of alkyl halides is 3. The number of hydrogen-bond acceptors (Lipinski definition) is 6. The van der Waals surface area contributed by atoms with Gasteiger partial charge in [-0.1, -0.05) is 61.5 Å². The van der Waals surface area contributed by atoms with Crippen LogP contribution in [0.1, 0.15) is 31.1 Å². The molecule has 9 heteroatoms. The van der Waals surface area contributed by atoms with Crippen LogP contribution >= 0.6 is 0 Å². The molecule has 0 unspecified atom stereocenters. The maximum atomic E-state index is 14.0. The van der Waals surface area contributed by atoms with E-state index in [0.29, 0.717) is 12.2 Å². The number of halogens is 3. The highest BCUT2D eigenvalue weighted by Gasteiger charge is 2.40. The predicted molar refractivity (Wildman–Crippen MR) is 156 cm³/mol. The Morgan fingerprint density at radius 3 is 2.14 bits per heavy atom. The van der Waals surface area contributed by atoms with Crippen LogP contribution in [0.25, 0.3) is 22.1 Å². The monoisotopic (exact) mass is 588 g/mol. The molecular formula is C34H27F3O6. The quantitative estimate of drug-likeness (QED) is 0.0924. The van der Waals surface area contributed by atoms with E-state index in [1.165, 1.54) is 29.8 Å². The Morgan fingerprint density at radius 1 is 0.814 bits per heavy atom. The van der Waals surface area contributed by atoms with Gasteiger partial charge in [-0.3, -0.25) is 9.59 Å². The van der Waals surface area contributed by atoms with Crippen LogP contribution in [0.2, 0.25) is 0 Å². The summed E-state index contributed by atoms with van der Waals surface area (Å²) in [7, 11) is 0. The molecule has 0 spiro atoms. The van der Waals surface area contributed by atoms with Crippen LogP contribution in [0.15, 0.2) is 106 Å². The van der Waals surface area contributed by atoms with Crippen LogP contribution < -0.4 is 19.6 Å². The van der Waals surface area contributed by atoms with Crippen LogP contribution in [0.5, 0.6) is 23.0 Å². The lowest BCUT2D eigenvalue weighted by molar-refractivity contribution is -0.154. The van der Waals surface area contributed by atoms with Gasteiger partial charge in [-0.05, 0) is 65.9 Å². The van der Waals surface area contributed by atoms with Gasteiger partial charge in [0.25, 0.3) is 5.76 Å². The van der Waals surface area contributed by atoms with E-state index in [2.05, 4.69) is 6.92 Å². The number of carbonyl (C=O) groups excluding carboxylic acids is 1. The van der Waals surface area contributed by atoms with E-state index >= 15 is 0 Å². The summed E-state index contributed by atoms with van der Waals surface area (Å²) in [6, 6.07) is 27.0. The van der Waals surface area contributed by atoms with Crippen molar-refractivity contribution >= 4 is 16.9 Å². The number of hydrogen-bond donors (Lipinski definition) is 0. The molecular weight excluding hydrogens is 561 g/mol. The number of carbonyl (C=O) groups is 1. The first-order chi connectivity index (χ1) is 20.7. The summed E-state index contributed by atoms with van der Waals surface area (Å²) < 4.78 is 63.4. The zero-order chi connectivity index (χ0) is 30.4. The molecule has 0 aliphatic carbocycles. The molecule has 1 heterocycles. The Bertz CT molecular complexity index is 1760. The zero-order valence-electron chi connectivity index (χ0n) is 23.1. The standard InChI is InChI=1S/C34H27F3O6/c1-2-22-10-14-25(15-11-22)40-20-6-9-30(38)41-27-18-19-28-29(21-27)43-33(34(35,36)37)32(31(28)39)42-26-16-12-24(13-17-26)23-7-4-3-5-8-23/h3-5,7-8,10-19,21H,2,6,9,20H2,1H3. The summed E-state index contributed by atoms with van der Waals surface area (Å²) in [5, 5.41) is -0.161. The van der Waals surface area contributed by atoms with E-state index in [-0.39, 0.29) is 29.9 Å². The molecule has 6 nitrogen and oxygen atoms in total. The van der Waals surface area contributed by atoms with Crippen molar-refractivity contribution in [3.63, 3.8) is 0 Å². The molecule has 0 saturated heterocycles. The van der Waals surface area contributed by atoms with Crippen molar-refractivity contribution in [3.8, 4) is 34.1 Å². The third-order valence-corrected chi connectivity index (χ3v) is 6.62. The molecule has 0 aliphatic rings. The summed E-state index contributed by atoms with van der Waals surface area (Å²) in [6.45, 7) is 2.33. The minimum Gasteiger partial charge on any atom is -0.494 e. The topological polar surface area (TPSA) is 75.0 Å². The first-order valence-electron chi connectivity index (χ1n) is 13.6. The molecule has 0 N–H and O–H groups in total. The number of benzene rings is 4. The zero-order valence-corrected chi connectivity index (χ0v) is 23.1. The molecule has 0 bridgehead atoms. The van der Waals surface area contributed by atoms with Gasteiger partial charge < -0.3 is 18.6 Å². The molecule has 1 aromatic heterocycles. The van der Waals surface area contributed by atoms with Crippen molar-refractivity contribution in [1.29, 1.82) is 0 Å². The molecule has 220 valence electrons. The molecule has 0 aliphatic heterocycles. The number of fused-ring (bicyclic) bond motifs is 1. The number of ether oxygens (including phenoxy) is 3. The maximum absolute atomic E-state index is 14.0. The third kappa shape index (κ3) is 7.24. The van der Waals surface area contributed by atoms with Gasteiger partial charge in [-0.2, -0.15) is 13.2 Å². The molecule has 0 amide bonds. The summed E-state index contributed by atoms with van der Waals surface area (Å²) >= 11 is 0.